The van der Waals surface area contributed by atoms with E-state index in [1.165, 1.54) is 12.1 Å². The third-order valence-corrected chi connectivity index (χ3v) is 4.70. The van der Waals surface area contributed by atoms with E-state index in [4.69, 9.17) is 16.3 Å². The zero-order valence-corrected chi connectivity index (χ0v) is 16.5. The van der Waals surface area contributed by atoms with E-state index in [0.717, 1.165) is 5.56 Å². The van der Waals surface area contributed by atoms with Crippen molar-refractivity contribution in [3.05, 3.63) is 107 Å². The molecule has 0 N–H and O–H groups in total. The van der Waals surface area contributed by atoms with Crippen LogP contribution in [0.25, 0.3) is 0 Å². The summed E-state index contributed by atoms with van der Waals surface area (Å²) in [5, 5.41) is 0.640. The topological polar surface area (TPSA) is 9.23 Å². The highest BCUT2D eigenvalue weighted by molar-refractivity contribution is 6.30. The van der Waals surface area contributed by atoms with E-state index in [-0.39, 0.29) is 18.0 Å². The van der Waals surface area contributed by atoms with Crippen LogP contribution in [-0.2, 0) is 11.8 Å². The molecule has 0 saturated heterocycles. The second kappa shape index (κ2) is 8.57. The molecule has 0 aliphatic carbocycles. The highest BCUT2D eigenvalue weighted by Crippen LogP contribution is 2.30. The van der Waals surface area contributed by atoms with Crippen LogP contribution in [-0.4, -0.2) is 0 Å². The van der Waals surface area contributed by atoms with E-state index in [1.807, 2.05) is 32.0 Å². The number of rotatable bonds is 6. The smallest absolute Gasteiger partial charge is 0.165 e. The van der Waals surface area contributed by atoms with Crippen LogP contribution in [0.15, 0.2) is 84.7 Å². The van der Waals surface area contributed by atoms with Gasteiger partial charge in [0, 0.05) is 16.9 Å². The Kier molecular flexibility index (Phi) is 6.15. The van der Waals surface area contributed by atoms with Crippen molar-refractivity contribution in [3.63, 3.8) is 0 Å². The molecule has 3 aromatic rings. The molecule has 0 aromatic heterocycles. The first-order valence-corrected chi connectivity index (χ1v) is 9.36. The third kappa shape index (κ3) is 5.20. The minimum atomic E-state index is -0.502. The molecule has 0 fully saturated rings. The van der Waals surface area contributed by atoms with Gasteiger partial charge in [0.05, 0.1) is 0 Å². The van der Waals surface area contributed by atoms with Gasteiger partial charge in [0.25, 0.3) is 0 Å². The Morgan fingerprint density at radius 1 is 1.00 bits per heavy atom. The van der Waals surface area contributed by atoms with Crippen LogP contribution < -0.4 is 4.74 Å². The molecule has 0 heterocycles. The molecule has 0 bridgehead atoms. The number of ether oxygens (including phenoxy) is 1. The molecule has 0 amide bonds. The largest absolute Gasteiger partial charge is 0.454 e. The summed E-state index contributed by atoms with van der Waals surface area (Å²) in [6.45, 7) is 3.87. The van der Waals surface area contributed by atoms with Gasteiger partial charge in [0.15, 0.2) is 11.6 Å². The molecule has 28 heavy (non-hydrogen) atoms. The minimum absolute atomic E-state index is 0.0580. The predicted molar refractivity (Wildman–Crippen MR) is 110 cm³/mol. The van der Waals surface area contributed by atoms with Crippen LogP contribution in [0.3, 0.4) is 0 Å². The Balaban J connectivity index is 1.78. The molecule has 0 unspecified atom stereocenters. The lowest BCUT2D eigenvalue weighted by Gasteiger charge is -2.21. The van der Waals surface area contributed by atoms with Crippen molar-refractivity contribution in [2.75, 3.05) is 0 Å². The highest BCUT2D eigenvalue weighted by atomic mass is 35.5. The van der Waals surface area contributed by atoms with E-state index < -0.39 is 11.2 Å². The van der Waals surface area contributed by atoms with Gasteiger partial charge in [0.2, 0.25) is 0 Å². The van der Waals surface area contributed by atoms with Gasteiger partial charge < -0.3 is 4.74 Å². The number of halogens is 3. The van der Waals surface area contributed by atoms with Crippen LogP contribution in [0.1, 0.15) is 25.0 Å². The average Bonchev–Trinajstić information content (AvgIpc) is 2.65. The van der Waals surface area contributed by atoms with Crippen molar-refractivity contribution in [3.8, 4) is 11.5 Å². The molecular formula is C24H21ClF2O. The van der Waals surface area contributed by atoms with E-state index in [0.29, 0.717) is 16.3 Å². The van der Waals surface area contributed by atoms with Crippen LogP contribution in [0.2, 0.25) is 5.02 Å². The van der Waals surface area contributed by atoms with E-state index >= 15 is 0 Å². The molecule has 0 aliphatic rings. The molecule has 1 nitrogen and oxygen atoms in total. The first kappa shape index (κ1) is 20.1. The zero-order chi connectivity index (χ0) is 20.1. The van der Waals surface area contributed by atoms with Crippen molar-refractivity contribution in [1.29, 1.82) is 0 Å². The van der Waals surface area contributed by atoms with Crippen LogP contribution >= 0.6 is 11.6 Å². The molecular weight excluding hydrogens is 378 g/mol. The van der Waals surface area contributed by atoms with Gasteiger partial charge >= 0.3 is 0 Å². The summed E-state index contributed by atoms with van der Waals surface area (Å²) in [6, 6.07) is 20.7. The SMILES string of the molecule is CC(C)(C=C(F)Cc1ccc(F)c(Oc2ccccc2)c1)c1ccc(Cl)cc1. The molecule has 0 radical (unpaired) electrons. The predicted octanol–water partition coefficient (Wildman–Crippen LogP) is 7.65. The maximum Gasteiger partial charge on any atom is 0.165 e. The quantitative estimate of drug-likeness (QED) is 0.414. The van der Waals surface area contributed by atoms with Crippen LogP contribution in [0.4, 0.5) is 8.78 Å². The Labute approximate surface area is 169 Å². The maximum absolute atomic E-state index is 14.7. The summed E-state index contributed by atoms with van der Waals surface area (Å²) in [5.74, 6) is -0.178. The van der Waals surface area contributed by atoms with Gasteiger partial charge in [-0.3, -0.25) is 0 Å². The van der Waals surface area contributed by atoms with Gasteiger partial charge in [-0.25, -0.2) is 8.78 Å². The summed E-state index contributed by atoms with van der Waals surface area (Å²) >= 11 is 5.93. The van der Waals surface area contributed by atoms with E-state index in [9.17, 15) is 8.78 Å². The van der Waals surface area contributed by atoms with Crippen molar-refractivity contribution in [2.24, 2.45) is 0 Å². The normalized spacial score (nSPS) is 12.1. The monoisotopic (exact) mass is 398 g/mol. The molecule has 3 rings (SSSR count). The third-order valence-electron chi connectivity index (χ3n) is 4.45. The first-order valence-electron chi connectivity index (χ1n) is 8.98. The van der Waals surface area contributed by atoms with Gasteiger partial charge in [-0.2, -0.15) is 0 Å². The lowest BCUT2D eigenvalue weighted by Crippen LogP contribution is -2.14. The number of para-hydroxylation sites is 1. The summed E-state index contributed by atoms with van der Waals surface area (Å²) in [7, 11) is 0. The summed E-state index contributed by atoms with van der Waals surface area (Å²) in [4.78, 5) is 0. The van der Waals surface area contributed by atoms with Crippen LogP contribution in [0.5, 0.6) is 11.5 Å². The van der Waals surface area contributed by atoms with Crippen molar-refractivity contribution in [2.45, 2.75) is 25.7 Å². The van der Waals surface area contributed by atoms with E-state index in [2.05, 4.69) is 0 Å². The minimum Gasteiger partial charge on any atom is -0.454 e. The second-order valence-corrected chi connectivity index (χ2v) is 7.61. The molecule has 0 spiro atoms. The fourth-order valence-electron chi connectivity index (χ4n) is 2.95. The number of benzene rings is 3. The Morgan fingerprint density at radius 3 is 2.36 bits per heavy atom. The number of hydrogen-bond donors (Lipinski definition) is 0. The maximum atomic E-state index is 14.7. The average molecular weight is 399 g/mol. The molecule has 3 aromatic carbocycles. The van der Waals surface area contributed by atoms with Crippen LogP contribution in [0, 0.1) is 5.82 Å². The van der Waals surface area contributed by atoms with Gasteiger partial charge in [-0.15, -0.1) is 0 Å². The lowest BCUT2D eigenvalue weighted by molar-refractivity contribution is 0.441. The zero-order valence-electron chi connectivity index (χ0n) is 15.8. The molecule has 0 saturated carbocycles. The standard InChI is InChI=1S/C24H21ClF2O/c1-24(2,18-9-11-19(25)12-10-18)16-20(26)14-17-8-13-22(27)23(15-17)28-21-6-4-3-5-7-21/h3-13,15-16H,14H2,1-2H3. The fourth-order valence-corrected chi connectivity index (χ4v) is 3.08. The first-order chi connectivity index (χ1) is 13.3. The summed E-state index contributed by atoms with van der Waals surface area (Å²) < 4.78 is 34.4. The lowest BCUT2D eigenvalue weighted by atomic mass is 9.84. The van der Waals surface area contributed by atoms with E-state index in [1.54, 1.807) is 48.5 Å². The van der Waals surface area contributed by atoms with Crippen molar-refractivity contribution in [1.82, 2.24) is 0 Å². The van der Waals surface area contributed by atoms with Crippen molar-refractivity contribution >= 4 is 11.6 Å². The number of hydrogen-bond acceptors (Lipinski definition) is 1. The molecule has 144 valence electrons. The number of allylic oxidation sites excluding steroid dienone is 2. The Bertz CT molecular complexity index is 964. The summed E-state index contributed by atoms with van der Waals surface area (Å²) in [5.41, 5.74) is 1.09. The van der Waals surface area contributed by atoms with Gasteiger partial charge in [0.1, 0.15) is 11.6 Å². The molecule has 4 heteroatoms. The molecule has 0 atom stereocenters. The summed E-state index contributed by atoms with van der Waals surface area (Å²) in [6.07, 6.45) is 1.64. The fraction of sp³-hybridized carbons (Fsp3) is 0.167. The van der Waals surface area contributed by atoms with Crippen molar-refractivity contribution < 1.29 is 13.5 Å². The van der Waals surface area contributed by atoms with Gasteiger partial charge in [-0.1, -0.05) is 61.8 Å². The van der Waals surface area contributed by atoms with Gasteiger partial charge in [-0.05, 0) is 53.6 Å². The Hall–Kier alpha value is -2.65. The highest BCUT2D eigenvalue weighted by Gasteiger charge is 2.19. The second-order valence-electron chi connectivity index (χ2n) is 7.18. The molecule has 0 aliphatic heterocycles. The Morgan fingerprint density at radius 2 is 1.68 bits per heavy atom.